The predicted octanol–water partition coefficient (Wildman–Crippen LogP) is 3.27. The molecule has 0 aliphatic rings. The Bertz CT molecular complexity index is 590. The van der Waals surface area contributed by atoms with Gasteiger partial charge < -0.3 is 0 Å². The molecule has 0 saturated carbocycles. The molecule has 0 atom stereocenters. The van der Waals surface area contributed by atoms with Crippen LogP contribution in [0.2, 0.25) is 10.0 Å². The summed E-state index contributed by atoms with van der Waals surface area (Å²) in [6.45, 7) is 1.84. The molecule has 0 radical (unpaired) electrons. The molecule has 0 bridgehead atoms. The molecule has 0 unspecified atom stereocenters. The number of hydrogen-bond acceptors (Lipinski definition) is 2. The van der Waals surface area contributed by atoms with Gasteiger partial charge in [-0.15, -0.1) is 0 Å². The molecule has 3 nitrogen and oxygen atoms in total. The second kappa shape index (κ2) is 4.51. The highest BCUT2D eigenvalue weighted by Crippen LogP contribution is 2.24. The number of aromatic nitrogens is 2. The SMILES string of the molecule is Cc1c(C(=O)c2ccc(Cl)c(Cl)c2)cnn1C. The molecule has 0 fully saturated rings. The molecule has 0 aliphatic carbocycles. The fraction of sp³-hybridized carbons (Fsp3) is 0.167. The minimum Gasteiger partial charge on any atom is -0.288 e. The van der Waals surface area contributed by atoms with Gasteiger partial charge in [-0.25, -0.2) is 0 Å². The lowest BCUT2D eigenvalue weighted by molar-refractivity contribution is 0.103. The van der Waals surface area contributed by atoms with Crippen LogP contribution in [0.15, 0.2) is 24.4 Å². The van der Waals surface area contributed by atoms with Crippen LogP contribution in [0, 0.1) is 6.92 Å². The number of ketones is 1. The fourth-order valence-electron chi connectivity index (χ4n) is 1.51. The van der Waals surface area contributed by atoms with Crippen LogP contribution < -0.4 is 0 Å². The third-order valence-electron chi connectivity index (χ3n) is 2.66. The molecule has 5 heteroatoms. The van der Waals surface area contributed by atoms with Crippen molar-refractivity contribution in [2.24, 2.45) is 7.05 Å². The first-order valence-electron chi connectivity index (χ1n) is 4.99. The fourth-order valence-corrected chi connectivity index (χ4v) is 1.81. The molecule has 0 spiro atoms. The zero-order valence-corrected chi connectivity index (χ0v) is 10.9. The van der Waals surface area contributed by atoms with Gasteiger partial charge in [0.15, 0.2) is 5.78 Å². The predicted molar refractivity (Wildman–Crippen MR) is 67.8 cm³/mol. The van der Waals surface area contributed by atoms with E-state index in [0.717, 1.165) is 5.69 Å². The summed E-state index contributed by atoms with van der Waals surface area (Å²) in [5.41, 5.74) is 1.91. The van der Waals surface area contributed by atoms with E-state index in [-0.39, 0.29) is 5.78 Å². The minimum absolute atomic E-state index is 0.103. The molecular formula is C12H10Cl2N2O. The highest BCUT2D eigenvalue weighted by molar-refractivity contribution is 6.42. The van der Waals surface area contributed by atoms with E-state index < -0.39 is 0 Å². The molecule has 88 valence electrons. The standard InChI is InChI=1S/C12H10Cl2N2O/c1-7-9(6-15-16(7)2)12(17)8-3-4-10(13)11(14)5-8/h3-6H,1-2H3. The Morgan fingerprint density at radius 2 is 2.00 bits per heavy atom. The maximum atomic E-state index is 12.2. The van der Waals surface area contributed by atoms with E-state index in [0.29, 0.717) is 21.2 Å². The number of carbonyl (C=O) groups is 1. The average Bonchev–Trinajstić information content (AvgIpc) is 2.63. The van der Waals surface area contributed by atoms with Crippen LogP contribution in [0.3, 0.4) is 0 Å². The lowest BCUT2D eigenvalue weighted by Crippen LogP contribution is -2.03. The van der Waals surface area contributed by atoms with Gasteiger partial charge >= 0.3 is 0 Å². The van der Waals surface area contributed by atoms with E-state index in [2.05, 4.69) is 5.10 Å². The van der Waals surface area contributed by atoms with Crippen molar-refractivity contribution in [3.8, 4) is 0 Å². The van der Waals surface area contributed by atoms with E-state index in [4.69, 9.17) is 23.2 Å². The highest BCUT2D eigenvalue weighted by atomic mass is 35.5. The van der Waals surface area contributed by atoms with Crippen molar-refractivity contribution < 1.29 is 4.79 Å². The van der Waals surface area contributed by atoms with Crippen molar-refractivity contribution in [3.63, 3.8) is 0 Å². The molecule has 2 aromatic rings. The van der Waals surface area contributed by atoms with Gasteiger partial charge in [-0.1, -0.05) is 23.2 Å². The summed E-state index contributed by atoms with van der Waals surface area (Å²) in [5.74, 6) is -0.103. The molecule has 1 heterocycles. The smallest absolute Gasteiger partial charge is 0.196 e. The lowest BCUT2D eigenvalue weighted by Gasteiger charge is -2.02. The van der Waals surface area contributed by atoms with E-state index in [9.17, 15) is 4.79 Å². The Morgan fingerprint density at radius 3 is 2.53 bits per heavy atom. The van der Waals surface area contributed by atoms with E-state index >= 15 is 0 Å². The van der Waals surface area contributed by atoms with Crippen molar-refractivity contribution in [1.29, 1.82) is 0 Å². The van der Waals surface area contributed by atoms with Gasteiger partial charge in [-0.3, -0.25) is 9.48 Å². The van der Waals surface area contributed by atoms with Crippen LogP contribution in [0.4, 0.5) is 0 Å². The molecule has 1 aromatic carbocycles. The van der Waals surface area contributed by atoms with Gasteiger partial charge in [-0.05, 0) is 25.1 Å². The number of halogens is 2. The summed E-state index contributed by atoms with van der Waals surface area (Å²) < 4.78 is 1.66. The van der Waals surface area contributed by atoms with E-state index in [1.807, 2.05) is 6.92 Å². The van der Waals surface area contributed by atoms with Crippen molar-refractivity contribution >= 4 is 29.0 Å². The molecule has 1 aromatic heterocycles. The highest BCUT2D eigenvalue weighted by Gasteiger charge is 2.15. The molecule has 0 N–H and O–H groups in total. The van der Waals surface area contributed by atoms with Gasteiger partial charge in [0.2, 0.25) is 0 Å². The average molecular weight is 269 g/mol. The maximum absolute atomic E-state index is 12.2. The minimum atomic E-state index is -0.103. The summed E-state index contributed by atoms with van der Waals surface area (Å²) in [6.07, 6.45) is 1.56. The molecule has 0 amide bonds. The number of carbonyl (C=O) groups excluding carboxylic acids is 1. The van der Waals surface area contributed by atoms with Crippen molar-refractivity contribution in [2.45, 2.75) is 6.92 Å². The third-order valence-corrected chi connectivity index (χ3v) is 3.40. The van der Waals surface area contributed by atoms with E-state index in [1.54, 1.807) is 36.1 Å². The van der Waals surface area contributed by atoms with Gasteiger partial charge in [0.25, 0.3) is 0 Å². The van der Waals surface area contributed by atoms with Crippen LogP contribution in [-0.2, 0) is 7.05 Å². The van der Waals surface area contributed by atoms with Gasteiger partial charge in [0.05, 0.1) is 21.8 Å². The molecular weight excluding hydrogens is 259 g/mol. The third kappa shape index (κ3) is 2.21. The largest absolute Gasteiger partial charge is 0.288 e. The van der Waals surface area contributed by atoms with E-state index in [1.165, 1.54) is 0 Å². The van der Waals surface area contributed by atoms with Gasteiger partial charge in [0.1, 0.15) is 0 Å². The van der Waals surface area contributed by atoms with Crippen LogP contribution in [0.1, 0.15) is 21.6 Å². The molecule has 17 heavy (non-hydrogen) atoms. The second-order valence-electron chi connectivity index (χ2n) is 3.73. The number of hydrogen-bond donors (Lipinski definition) is 0. The quantitative estimate of drug-likeness (QED) is 0.784. The van der Waals surface area contributed by atoms with Crippen molar-refractivity contribution in [3.05, 3.63) is 51.3 Å². The monoisotopic (exact) mass is 268 g/mol. The topological polar surface area (TPSA) is 34.9 Å². The number of nitrogens with zero attached hydrogens (tertiary/aromatic N) is 2. The zero-order chi connectivity index (χ0) is 12.6. The summed E-state index contributed by atoms with van der Waals surface area (Å²) in [5, 5.41) is 4.85. The van der Waals surface area contributed by atoms with Crippen molar-refractivity contribution in [2.75, 3.05) is 0 Å². The molecule has 2 rings (SSSR count). The number of aryl methyl sites for hydroxylation is 1. The van der Waals surface area contributed by atoms with Gasteiger partial charge in [-0.2, -0.15) is 5.10 Å². The number of benzene rings is 1. The summed E-state index contributed by atoms with van der Waals surface area (Å²) in [4.78, 5) is 12.2. The second-order valence-corrected chi connectivity index (χ2v) is 4.54. The summed E-state index contributed by atoms with van der Waals surface area (Å²) >= 11 is 11.7. The van der Waals surface area contributed by atoms with Crippen molar-refractivity contribution in [1.82, 2.24) is 9.78 Å². The lowest BCUT2D eigenvalue weighted by atomic mass is 10.0. The first-order valence-corrected chi connectivity index (χ1v) is 5.74. The molecule has 0 saturated heterocycles. The Labute approximate surface area is 109 Å². The summed E-state index contributed by atoms with van der Waals surface area (Å²) in [7, 11) is 1.79. The number of rotatable bonds is 2. The van der Waals surface area contributed by atoms with Crippen LogP contribution in [-0.4, -0.2) is 15.6 Å². The van der Waals surface area contributed by atoms with Crippen LogP contribution in [0.25, 0.3) is 0 Å². The Morgan fingerprint density at radius 1 is 1.29 bits per heavy atom. The molecule has 0 aliphatic heterocycles. The maximum Gasteiger partial charge on any atom is 0.196 e. The zero-order valence-electron chi connectivity index (χ0n) is 9.37. The van der Waals surface area contributed by atoms with Crippen LogP contribution >= 0.6 is 23.2 Å². The normalized spacial score (nSPS) is 10.6. The van der Waals surface area contributed by atoms with Gasteiger partial charge in [0, 0.05) is 18.3 Å². The Balaban J connectivity index is 2.44. The first kappa shape index (κ1) is 12.1. The first-order chi connectivity index (χ1) is 8.00. The Hall–Kier alpha value is -1.32. The van der Waals surface area contributed by atoms with Crippen LogP contribution in [0.5, 0.6) is 0 Å². The Kier molecular flexibility index (Phi) is 3.22. The summed E-state index contributed by atoms with van der Waals surface area (Å²) in [6, 6.07) is 4.84.